The maximum absolute atomic E-state index is 12.0. The van der Waals surface area contributed by atoms with E-state index in [1.165, 1.54) is 0 Å². The maximum atomic E-state index is 12.0. The zero-order chi connectivity index (χ0) is 15.8. The Hall–Kier alpha value is -1.60. The number of carbonyl (C=O) groups is 1. The molecule has 0 fully saturated rings. The predicted molar refractivity (Wildman–Crippen MR) is 96.3 cm³/mol. The quantitative estimate of drug-likeness (QED) is 0.683. The Bertz CT molecular complexity index is 605. The molecule has 2 N–H and O–H groups in total. The number of likely N-dealkylation sites (N-methyl/N-ethyl adjacent to an activating group) is 1. The predicted octanol–water partition coefficient (Wildman–Crippen LogP) is 1.82. The van der Waals surface area contributed by atoms with Gasteiger partial charge in [0.25, 0.3) is 5.91 Å². The van der Waals surface area contributed by atoms with E-state index in [9.17, 15) is 4.79 Å². The Morgan fingerprint density at radius 1 is 1.14 bits per heavy atom. The summed E-state index contributed by atoms with van der Waals surface area (Å²) in [4.78, 5) is 13.1. The lowest BCUT2D eigenvalue weighted by molar-refractivity contribution is -0.871. The van der Waals surface area contributed by atoms with Crippen molar-refractivity contribution < 1.29 is 14.4 Å². The number of anilines is 1. The number of amides is 1. The summed E-state index contributed by atoms with van der Waals surface area (Å²) in [5, 5.41) is 2.94. The molecule has 2 aromatic carbocycles. The third-order valence-corrected chi connectivity index (χ3v) is 4.09. The number of ether oxygens (including phenoxy) is 1. The molecule has 1 amide bonds. The number of nitrogens with one attached hydrogen (secondary N) is 2. The van der Waals surface area contributed by atoms with Crippen LogP contribution in [-0.2, 0) is 4.79 Å². The topological polar surface area (TPSA) is 42.8 Å². The summed E-state index contributed by atoms with van der Waals surface area (Å²) < 4.78 is 6.68. The molecular formula is C17H20IN2O2+. The minimum absolute atomic E-state index is 0.0151. The summed E-state index contributed by atoms with van der Waals surface area (Å²) in [7, 11) is 1.99. The van der Waals surface area contributed by atoms with Crippen LogP contribution in [0, 0.1) is 3.57 Å². The highest BCUT2D eigenvalue weighted by atomic mass is 127. The minimum atomic E-state index is 0.0151. The normalized spacial score (nSPS) is 11.7. The zero-order valence-corrected chi connectivity index (χ0v) is 14.7. The molecule has 1 atom stereocenters. The van der Waals surface area contributed by atoms with Gasteiger partial charge in [0.1, 0.15) is 18.9 Å². The zero-order valence-electron chi connectivity index (χ0n) is 12.5. The summed E-state index contributed by atoms with van der Waals surface area (Å²) in [6.07, 6.45) is 0. The Balaban J connectivity index is 1.71. The first kappa shape index (κ1) is 16.8. The highest BCUT2D eigenvalue weighted by Crippen LogP contribution is 2.16. The van der Waals surface area contributed by atoms with Gasteiger partial charge in [-0.2, -0.15) is 0 Å². The average molecular weight is 411 g/mol. The molecule has 22 heavy (non-hydrogen) atoms. The van der Waals surface area contributed by atoms with E-state index in [0.29, 0.717) is 13.2 Å². The first-order chi connectivity index (χ1) is 10.6. The third-order valence-electron chi connectivity index (χ3n) is 3.15. The largest absolute Gasteiger partial charge is 0.488 e. The number of halogens is 1. The lowest BCUT2D eigenvalue weighted by Gasteiger charge is -2.14. The monoisotopic (exact) mass is 411 g/mol. The molecule has 5 heteroatoms. The van der Waals surface area contributed by atoms with Gasteiger partial charge in [-0.1, -0.05) is 30.3 Å². The summed E-state index contributed by atoms with van der Waals surface area (Å²) in [5.74, 6) is 0.875. The van der Waals surface area contributed by atoms with Crippen LogP contribution in [0.3, 0.4) is 0 Å². The van der Waals surface area contributed by atoms with Crippen LogP contribution in [0.1, 0.15) is 0 Å². The highest BCUT2D eigenvalue weighted by Gasteiger charge is 2.11. The van der Waals surface area contributed by atoms with E-state index in [1.807, 2.05) is 61.6 Å². The Labute approximate surface area is 144 Å². The van der Waals surface area contributed by atoms with E-state index in [0.717, 1.165) is 26.5 Å². The number of quaternary nitrogens is 1. The smallest absolute Gasteiger partial charge is 0.279 e. The third kappa shape index (κ3) is 5.65. The maximum Gasteiger partial charge on any atom is 0.279 e. The van der Waals surface area contributed by atoms with Gasteiger partial charge in [-0.3, -0.25) is 4.79 Å². The fourth-order valence-corrected chi connectivity index (χ4v) is 2.50. The second-order valence-electron chi connectivity index (χ2n) is 5.07. The summed E-state index contributed by atoms with van der Waals surface area (Å²) >= 11 is 2.22. The van der Waals surface area contributed by atoms with E-state index in [2.05, 4.69) is 27.9 Å². The molecule has 116 valence electrons. The summed E-state index contributed by atoms with van der Waals surface area (Å²) in [6.45, 7) is 1.78. The van der Waals surface area contributed by atoms with Gasteiger partial charge >= 0.3 is 0 Å². The Morgan fingerprint density at radius 2 is 1.82 bits per heavy atom. The lowest BCUT2D eigenvalue weighted by atomic mass is 10.3. The van der Waals surface area contributed by atoms with Crippen molar-refractivity contribution in [1.29, 1.82) is 0 Å². The van der Waals surface area contributed by atoms with Crippen molar-refractivity contribution in [3.05, 3.63) is 58.2 Å². The van der Waals surface area contributed by atoms with Crippen LogP contribution in [0.2, 0.25) is 0 Å². The molecule has 0 aliphatic heterocycles. The molecule has 0 aromatic heterocycles. The molecule has 1 unspecified atom stereocenters. The van der Waals surface area contributed by atoms with Crippen molar-refractivity contribution in [2.24, 2.45) is 0 Å². The van der Waals surface area contributed by atoms with Crippen molar-refractivity contribution in [3.8, 4) is 5.75 Å². The molecule has 2 aromatic rings. The lowest BCUT2D eigenvalue weighted by Crippen LogP contribution is -3.10. The van der Waals surface area contributed by atoms with Gasteiger partial charge in [0.05, 0.1) is 12.7 Å². The number of hydrogen-bond donors (Lipinski definition) is 2. The molecule has 2 rings (SSSR count). The number of para-hydroxylation sites is 2. The number of rotatable bonds is 7. The molecule has 0 radical (unpaired) electrons. The molecule has 0 spiro atoms. The van der Waals surface area contributed by atoms with Crippen LogP contribution < -0.4 is 15.0 Å². The van der Waals surface area contributed by atoms with Gasteiger partial charge in [-0.05, 0) is 46.9 Å². The van der Waals surface area contributed by atoms with E-state index in [4.69, 9.17) is 4.74 Å². The number of benzene rings is 2. The first-order valence-corrected chi connectivity index (χ1v) is 8.26. The van der Waals surface area contributed by atoms with Gasteiger partial charge in [-0.25, -0.2) is 0 Å². The number of hydrogen-bond acceptors (Lipinski definition) is 2. The fourth-order valence-electron chi connectivity index (χ4n) is 1.98. The van der Waals surface area contributed by atoms with Gasteiger partial charge in [0, 0.05) is 3.57 Å². The molecule has 0 saturated heterocycles. The number of carbonyl (C=O) groups excluding carboxylic acids is 1. The van der Waals surface area contributed by atoms with Crippen LogP contribution in [0.15, 0.2) is 54.6 Å². The van der Waals surface area contributed by atoms with E-state index in [-0.39, 0.29) is 5.91 Å². The van der Waals surface area contributed by atoms with Crippen LogP contribution in [0.25, 0.3) is 0 Å². The minimum Gasteiger partial charge on any atom is -0.488 e. The Morgan fingerprint density at radius 3 is 2.55 bits per heavy atom. The summed E-state index contributed by atoms with van der Waals surface area (Å²) in [5.41, 5.74) is 0.862. The molecular weight excluding hydrogens is 391 g/mol. The van der Waals surface area contributed by atoms with Crippen molar-refractivity contribution in [2.75, 3.05) is 32.1 Å². The average Bonchev–Trinajstić information content (AvgIpc) is 2.50. The second kappa shape index (κ2) is 8.75. The van der Waals surface area contributed by atoms with Crippen molar-refractivity contribution in [3.63, 3.8) is 0 Å². The molecule has 0 saturated carbocycles. The van der Waals surface area contributed by atoms with Crippen LogP contribution in [0.4, 0.5) is 5.69 Å². The van der Waals surface area contributed by atoms with Crippen molar-refractivity contribution in [1.82, 2.24) is 0 Å². The van der Waals surface area contributed by atoms with Crippen LogP contribution >= 0.6 is 22.6 Å². The van der Waals surface area contributed by atoms with Gasteiger partial charge in [0.2, 0.25) is 0 Å². The second-order valence-corrected chi connectivity index (χ2v) is 6.24. The van der Waals surface area contributed by atoms with Crippen molar-refractivity contribution >= 4 is 34.2 Å². The van der Waals surface area contributed by atoms with Crippen molar-refractivity contribution in [2.45, 2.75) is 0 Å². The highest BCUT2D eigenvalue weighted by molar-refractivity contribution is 14.1. The SMILES string of the molecule is C[NH+](CCOc1ccccc1)CC(=O)Nc1ccccc1I. The van der Waals surface area contributed by atoms with Gasteiger partial charge in [-0.15, -0.1) is 0 Å². The molecule has 0 aliphatic carbocycles. The van der Waals surface area contributed by atoms with E-state index < -0.39 is 0 Å². The van der Waals surface area contributed by atoms with Gasteiger partial charge < -0.3 is 15.0 Å². The standard InChI is InChI=1S/C17H19IN2O2/c1-20(11-12-22-14-7-3-2-4-8-14)13-17(21)19-16-10-6-5-9-15(16)18/h2-10H,11-13H2,1H3,(H,19,21)/p+1. The van der Waals surface area contributed by atoms with Gasteiger partial charge in [0.15, 0.2) is 6.54 Å². The first-order valence-electron chi connectivity index (χ1n) is 7.18. The molecule has 0 aliphatic rings. The van der Waals surface area contributed by atoms with Crippen LogP contribution in [0.5, 0.6) is 5.75 Å². The van der Waals surface area contributed by atoms with E-state index >= 15 is 0 Å². The summed E-state index contributed by atoms with van der Waals surface area (Å²) in [6, 6.07) is 17.5. The fraction of sp³-hybridized carbons (Fsp3) is 0.235. The molecule has 0 bridgehead atoms. The molecule has 4 nitrogen and oxygen atoms in total. The molecule has 0 heterocycles. The van der Waals surface area contributed by atoms with E-state index in [1.54, 1.807) is 0 Å². The Kier molecular flexibility index (Phi) is 6.67. The van der Waals surface area contributed by atoms with Crippen LogP contribution in [-0.4, -0.2) is 32.7 Å².